The quantitative estimate of drug-likeness (QED) is 0.462. The molecular weight excluding hydrogens is 358 g/mol. The first-order valence-corrected chi connectivity index (χ1v) is 8.86. The van der Waals surface area contributed by atoms with Gasteiger partial charge in [-0.3, -0.25) is 4.79 Å². The molecule has 0 unspecified atom stereocenters. The van der Waals surface area contributed by atoms with Gasteiger partial charge in [0.15, 0.2) is 0 Å². The number of amides is 1. The minimum absolute atomic E-state index is 0.211. The second-order valence-electron chi connectivity index (χ2n) is 6.03. The first-order valence-electron chi connectivity index (χ1n) is 8.48. The zero-order valence-electron chi connectivity index (χ0n) is 14.3. The Balaban J connectivity index is 1.57. The normalized spacial score (nSPS) is 11.1. The second-order valence-corrected chi connectivity index (χ2v) is 6.44. The lowest BCUT2D eigenvalue weighted by molar-refractivity contribution is -0.111. The SMILES string of the molecule is O=C(/C=C/c1ccccc1)Nc1ccc(Cl)c(-c2nc3ccccc3[nH]2)c1. The van der Waals surface area contributed by atoms with Gasteiger partial charge in [-0.15, -0.1) is 0 Å². The van der Waals surface area contributed by atoms with E-state index in [9.17, 15) is 4.79 Å². The largest absolute Gasteiger partial charge is 0.338 e. The van der Waals surface area contributed by atoms with Gasteiger partial charge < -0.3 is 10.3 Å². The molecule has 1 aromatic heterocycles. The lowest BCUT2D eigenvalue weighted by Gasteiger charge is -2.06. The highest BCUT2D eigenvalue weighted by molar-refractivity contribution is 6.33. The maximum atomic E-state index is 12.2. The number of anilines is 1. The molecule has 0 atom stereocenters. The first-order chi connectivity index (χ1) is 13.2. The molecule has 0 radical (unpaired) electrons. The maximum absolute atomic E-state index is 12.2. The molecule has 0 fully saturated rings. The lowest BCUT2D eigenvalue weighted by atomic mass is 10.2. The fourth-order valence-electron chi connectivity index (χ4n) is 2.78. The molecule has 4 rings (SSSR count). The van der Waals surface area contributed by atoms with Crippen LogP contribution in [0.3, 0.4) is 0 Å². The molecule has 5 heteroatoms. The van der Waals surface area contributed by atoms with Crippen LogP contribution < -0.4 is 5.32 Å². The molecule has 0 aliphatic heterocycles. The van der Waals surface area contributed by atoms with E-state index >= 15 is 0 Å². The fraction of sp³-hybridized carbons (Fsp3) is 0. The van der Waals surface area contributed by atoms with Gasteiger partial charge in [0.25, 0.3) is 0 Å². The Hall–Kier alpha value is -3.37. The molecule has 0 spiro atoms. The third kappa shape index (κ3) is 3.91. The molecular formula is C22H16ClN3O. The van der Waals surface area contributed by atoms with Crippen LogP contribution in [-0.4, -0.2) is 15.9 Å². The van der Waals surface area contributed by atoms with Gasteiger partial charge in [0, 0.05) is 17.3 Å². The molecule has 27 heavy (non-hydrogen) atoms. The zero-order valence-corrected chi connectivity index (χ0v) is 15.1. The Morgan fingerprint density at radius 1 is 1.00 bits per heavy atom. The van der Waals surface area contributed by atoms with E-state index in [0.29, 0.717) is 16.5 Å². The second kappa shape index (κ2) is 7.48. The average molecular weight is 374 g/mol. The highest BCUT2D eigenvalue weighted by Gasteiger charge is 2.10. The number of para-hydroxylation sites is 2. The predicted molar refractivity (Wildman–Crippen MR) is 111 cm³/mol. The van der Waals surface area contributed by atoms with Gasteiger partial charge >= 0.3 is 0 Å². The van der Waals surface area contributed by atoms with E-state index in [-0.39, 0.29) is 5.91 Å². The van der Waals surface area contributed by atoms with Crippen molar-refractivity contribution in [1.29, 1.82) is 0 Å². The van der Waals surface area contributed by atoms with Crippen molar-refractivity contribution in [3.8, 4) is 11.4 Å². The predicted octanol–water partition coefficient (Wildman–Crippen LogP) is 5.54. The number of benzene rings is 3. The average Bonchev–Trinajstić information content (AvgIpc) is 3.13. The number of carbonyl (C=O) groups is 1. The summed E-state index contributed by atoms with van der Waals surface area (Å²) in [4.78, 5) is 20.0. The molecule has 0 aliphatic carbocycles. The van der Waals surface area contributed by atoms with E-state index in [1.54, 1.807) is 18.2 Å². The van der Waals surface area contributed by atoms with E-state index < -0.39 is 0 Å². The highest BCUT2D eigenvalue weighted by atomic mass is 35.5. The molecule has 132 valence electrons. The summed E-state index contributed by atoms with van der Waals surface area (Å²) in [5.41, 5.74) is 4.15. The van der Waals surface area contributed by atoms with Crippen molar-refractivity contribution >= 4 is 40.3 Å². The third-order valence-electron chi connectivity index (χ3n) is 4.11. The molecule has 4 nitrogen and oxygen atoms in total. The summed E-state index contributed by atoms with van der Waals surface area (Å²) >= 11 is 6.35. The summed E-state index contributed by atoms with van der Waals surface area (Å²) < 4.78 is 0. The molecule has 0 saturated heterocycles. The first kappa shape index (κ1) is 17.1. The van der Waals surface area contributed by atoms with Gasteiger partial charge in [-0.05, 0) is 42.0 Å². The van der Waals surface area contributed by atoms with Gasteiger partial charge in [-0.2, -0.15) is 0 Å². The Labute approximate surface area is 161 Å². The van der Waals surface area contributed by atoms with Crippen LogP contribution in [0.15, 0.2) is 78.9 Å². The summed E-state index contributed by atoms with van der Waals surface area (Å²) in [7, 11) is 0. The summed E-state index contributed by atoms with van der Waals surface area (Å²) in [6.07, 6.45) is 3.27. The van der Waals surface area contributed by atoms with Crippen molar-refractivity contribution in [3.63, 3.8) is 0 Å². The monoisotopic (exact) mass is 373 g/mol. The number of hydrogen-bond acceptors (Lipinski definition) is 2. The minimum atomic E-state index is -0.211. The number of nitrogens with zero attached hydrogens (tertiary/aromatic N) is 1. The number of H-pyrrole nitrogens is 1. The maximum Gasteiger partial charge on any atom is 0.248 e. The standard InChI is InChI=1S/C22H16ClN3O/c23-18-12-11-16(24-21(27)13-10-15-6-2-1-3-7-15)14-17(18)22-25-19-8-4-5-9-20(19)26-22/h1-14H,(H,24,27)(H,25,26)/b13-10+. The van der Waals surface area contributed by atoms with Crippen molar-refractivity contribution in [1.82, 2.24) is 9.97 Å². The number of nitrogens with one attached hydrogen (secondary N) is 2. The van der Waals surface area contributed by atoms with Crippen LogP contribution in [0, 0.1) is 0 Å². The van der Waals surface area contributed by atoms with E-state index in [1.165, 1.54) is 6.08 Å². The molecule has 1 amide bonds. The number of hydrogen-bond donors (Lipinski definition) is 2. The van der Waals surface area contributed by atoms with Crippen molar-refractivity contribution in [2.24, 2.45) is 0 Å². The number of halogens is 1. The molecule has 3 aromatic carbocycles. The summed E-state index contributed by atoms with van der Waals surface area (Å²) in [6.45, 7) is 0. The molecule has 1 heterocycles. The van der Waals surface area contributed by atoms with Crippen molar-refractivity contribution in [3.05, 3.63) is 89.5 Å². The van der Waals surface area contributed by atoms with Gasteiger partial charge in [0.2, 0.25) is 5.91 Å². The van der Waals surface area contributed by atoms with Crippen LogP contribution in [0.25, 0.3) is 28.5 Å². The number of rotatable bonds is 4. The lowest BCUT2D eigenvalue weighted by Crippen LogP contribution is -2.07. The third-order valence-corrected chi connectivity index (χ3v) is 4.43. The van der Waals surface area contributed by atoms with Crippen molar-refractivity contribution in [2.45, 2.75) is 0 Å². The van der Waals surface area contributed by atoms with Gasteiger partial charge in [0.05, 0.1) is 16.1 Å². The van der Waals surface area contributed by atoms with Crippen molar-refractivity contribution < 1.29 is 4.79 Å². The summed E-state index contributed by atoms with van der Waals surface area (Å²) in [5, 5.41) is 3.42. The van der Waals surface area contributed by atoms with Crippen LogP contribution in [0.1, 0.15) is 5.56 Å². The van der Waals surface area contributed by atoms with E-state index in [1.807, 2.05) is 60.7 Å². The van der Waals surface area contributed by atoms with Gasteiger partial charge in [0.1, 0.15) is 5.82 Å². The van der Waals surface area contributed by atoms with Gasteiger partial charge in [-0.25, -0.2) is 4.98 Å². The molecule has 0 aliphatic rings. The van der Waals surface area contributed by atoms with Crippen LogP contribution in [-0.2, 0) is 4.79 Å². The van der Waals surface area contributed by atoms with Crippen molar-refractivity contribution in [2.75, 3.05) is 5.32 Å². The Bertz CT molecular complexity index is 1100. The Morgan fingerprint density at radius 3 is 2.59 bits per heavy atom. The zero-order chi connectivity index (χ0) is 18.6. The Kier molecular flexibility index (Phi) is 4.73. The van der Waals surface area contributed by atoms with E-state index in [2.05, 4.69) is 15.3 Å². The molecule has 0 saturated carbocycles. The van der Waals surface area contributed by atoms with E-state index in [0.717, 1.165) is 22.2 Å². The molecule has 2 N–H and O–H groups in total. The summed E-state index contributed by atoms with van der Waals surface area (Å²) in [5.74, 6) is 0.453. The number of aromatic amines is 1. The number of aromatic nitrogens is 2. The molecule has 0 bridgehead atoms. The highest BCUT2D eigenvalue weighted by Crippen LogP contribution is 2.30. The van der Waals surface area contributed by atoms with Crippen LogP contribution in [0.4, 0.5) is 5.69 Å². The number of fused-ring (bicyclic) bond motifs is 1. The van der Waals surface area contributed by atoms with E-state index in [4.69, 9.17) is 11.6 Å². The number of imidazole rings is 1. The minimum Gasteiger partial charge on any atom is -0.338 e. The molecule has 4 aromatic rings. The fourth-order valence-corrected chi connectivity index (χ4v) is 2.99. The summed E-state index contributed by atoms with van der Waals surface area (Å²) in [6, 6.07) is 22.8. The smallest absolute Gasteiger partial charge is 0.248 e. The van der Waals surface area contributed by atoms with Crippen LogP contribution in [0.5, 0.6) is 0 Å². The van der Waals surface area contributed by atoms with Gasteiger partial charge in [-0.1, -0.05) is 54.1 Å². The van der Waals surface area contributed by atoms with Crippen LogP contribution in [0.2, 0.25) is 5.02 Å². The topological polar surface area (TPSA) is 57.8 Å². The Morgan fingerprint density at radius 2 is 1.78 bits per heavy atom. The number of carbonyl (C=O) groups excluding carboxylic acids is 1. The van der Waals surface area contributed by atoms with Crippen LogP contribution >= 0.6 is 11.6 Å².